The summed E-state index contributed by atoms with van der Waals surface area (Å²) in [6, 6.07) is 0. The summed E-state index contributed by atoms with van der Waals surface area (Å²) in [4.78, 5) is 12.0. The molecule has 1 fully saturated rings. The first-order valence-electron chi connectivity index (χ1n) is 6.03. The van der Waals surface area contributed by atoms with Gasteiger partial charge in [0.1, 0.15) is 0 Å². The molecule has 0 saturated carbocycles. The molecule has 0 aromatic heterocycles. The van der Waals surface area contributed by atoms with E-state index in [-0.39, 0.29) is 16.8 Å². The second-order valence-corrected chi connectivity index (χ2v) is 5.80. The van der Waals surface area contributed by atoms with Crippen LogP contribution >= 0.6 is 0 Å². The number of carbonyl (C=O) groups is 1. The van der Waals surface area contributed by atoms with Crippen LogP contribution in [0.3, 0.4) is 0 Å². The van der Waals surface area contributed by atoms with Gasteiger partial charge in [0.25, 0.3) is 0 Å². The Labute approximate surface area is 93.4 Å². The number of carbonyl (C=O) groups excluding carboxylic acids is 1. The van der Waals surface area contributed by atoms with Gasteiger partial charge in [0.05, 0.1) is 12.0 Å². The van der Waals surface area contributed by atoms with E-state index in [1.54, 1.807) is 0 Å². The van der Waals surface area contributed by atoms with E-state index in [1.165, 1.54) is 0 Å². The maximum atomic E-state index is 12.0. The predicted molar refractivity (Wildman–Crippen MR) is 61.5 cm³/mol. The maximum absolute atomic E-state index is 12.0. The van der Waals surface area contributed by atoms with Crippen molar-refractivity contribution < 1.29 is 9.53 Å². The van der Waals surface area contributed by atoms with Crippen molar-refractivity contribution in [2.45, 2.75) is 53.9 Å². The van der Waals surface area contributed by atoms with E-state index < -0.39 is 0 Å². The van der Waals surface area contributed by atoms with Gasteiger partial charge in [-0.1, -0.05) is 34.6 Å². The summed E-state index contributed by atoms with van der Waals surface area (Å²) in [6.45, 7) is 11.5. The number of hydrogen-bond acceptors (Lipinski definition) is 2. The molecule has 1 saturated heterocycles. The predicted octanol–water partition coefficient (Wildman–Crippen LogP) is 3.40. The van der Waals surface area contributed by atoms with Crippen molar-refractivity contribution in [3.63, 3.8) is 0 Å². The first-order valence-corrected chi connectivity index (χ1v) is 6.03. The van der Waals surface area contributed by atoms with Gasteiger partial charge >= 0.3 is 5.97 Å². The lowest BCUT2D eigenvalue weighted by Crippen LogP contribution is -2.42. The summed E-state index contributed by atoms with van der Waals surface area (Å²) >= 11 is 0. The highest BCUT2D eigenvalue weighted by Crippen LogP contribution is 2.52. The van der Waals surface area contributed by atoms with Crippen molar-refractivity contribution in [1.29, 1.82) is 0 Å². The number of esters is 1. The Morgan fingerprint density at radius 1 is 1.47 bits per heavy atom. The quantitative estimate of drug-likeness (QED) is 0.668. The van der Waals surface area contributed by atoms with Crippen LogP contribution in [0.5, 0.6) is 0 Å². The van der Waals surface area contributed by atoms with Gasteiger partial charge in [-0.15, -0.1) is 0 Å². The third kappa shape index (κ3) is 2.04. The van der Waals surface area contributed by atoms with E-state index in [4.69, 9.17) is 4.74 Å². The minimum absolute atomic E-state index is 0.0306. The molecule has 1 rings (SSSR count). The van der Waals surface area contributed by atoms with Crippen LogP contribution in [0.2, 0.25) is 0 Å². The molecular weight excluding hydrogens is 188 g/mol. The Balaban J connectivity index is 3.01. The molecule has 0 spiro atoms. The lowest BCUT2D eigenvalue weighted by Gasteiger charge is -2.41. The van der Waals surface area contributed by atoms with Gasteiger partial charge in [-0.2, -0.15) is 0 Å². The van der Waals surface area contributed by atoms with Gasteiger partial charge in [-0.05, 0) is 30.6 Å². The zero-order chi connectivity index (χ0) is 11.7. The first kappa shape index (κ1) is 12.5. The minimum Gasteiger partial charge on any atom is -0.465 e. The average molecular weight is 212 g/mol. The summed E-state index contributed by atoms with van der Waals surface area (Å²) in [5.74, 6) is 0.574. The first-order chi connectivity index (χ1) is 6.85. The molecule has 88 valence electrons. The van der Waals surface area contributed by atoms with E-state index >= 15 is 0 Å². The van der Waals surface area contributed by atoms with Crippen LogP contribution in [0.1, 0.15) is 53.9 Å². The number of ether oxygens (including phenoxy) is 1. The molecule has 2 nitrogen and oxygen atoms in total. The van der Waals surface area contributed by atoms with Crippen LogP contribution in [0.25, 0.3) is 0 Å². The van der Waals surface area contributed by atoms with Crippen molar-refractivity contribution in [2.24, 2.45) is 16.7 Å². The lowest BCUT2D eigenvalue weighted by atomic mass is 9.60. The van der Waals surface area contributed by atoms with Crippen molar-refractivity contribution in [1.82, 2.24) is 0 Å². The molecule has 1 heterocycles. The number of cyclic esters (lactones) is 1. The van der Waals surface area contributed by atoms with Crippen molar-refractivity contribution in [2.75, 3.05) is 6.61 Å². The standard InChI is InChI=1S/C13H24O2/c1-6-12(4,5)13(9-10(2)3)7-8-15-11(13)14/h10H,6-9H2,1-5H3. The molecule has 0 radical (unpaired) electrons. The Kier molecular flexibility index (Phi) is 3.47. The summed E-state index contributed by atoms with van der Waals surface area (Å²) in [5.41, 5.74) is -0.194. The normalized spacial score (nSPS) is 27.2. The van der Waals surface area contributed by atoms with Crippen molar-refractivity contribution >= 4 is 5.97 Å². The van der Waals surface area contributed by atoms with Crippen LogP contribution in [-0.4, -0.2) is 12.6 Å². The second-order valence-electron chi connectivity index (χ2n) is 5.80. The zero-order valence-corrected chi connectivity index (χ0v) is 10.7. The van der Waals surface area contributed by atoms with E-state index in [0.29, 0.717) is 12.5 Å². The highest BCUT2D eigenvalue weighted by molar-refractivity contribution is 5.79. The maximum Gasteiger partial charge on any atom is 0.312 e. The lowest BCUT2D eigenvalue weighted by molar-refractivity contribution is -0.153. The van der Waals surface area contributed by atoms with Crippen LogP contribution in [0, 0.1) is 16.7 Å². The molecule has 0 aliphatic carbocycles. The van der Waals surface area contributed by atoms with Crippen LogP contribution in [-0.2, 0) is 9.53 Å². The molecule has 0 N–H and O–H groups in total. The molecular formula is C13H24O2. The van der Waals surface area contributed by atoms with Gasteiger partial charge in [-0.25, -0.2) is 0 Å². The van der Waals surface area contributed by atoms with Crippen LogP contribution < -0.4 is 0 Å². The fourth-order valence-corrected chi connectivity index (χ4v) is 2.67. The Bertz CT molecular complexity index is 243. The van der Waals surface area contributed by atoms with Crippen LogP contribution in [0.4, 0.5) is 0 Å². The molecule has 15 heavy (non-hydrogen) atoms. The third-order valence-electron chi connectivity index (χ3n) is 4.09. The number of rotatable bonds is 4. The molecule has 1 unspecified atom stereocenters. The van der Waals surface area contributed by atoms with E-state index in [1.807, 2.05) is 0 Å². The van der Waals surface area contributed by atoms with E-state index in [0.717, 1.165) is 19.3 Å². The fourth-order valence-electron chi connectivity index (χ4n) is 2.67. The van der Waals surface area contributed by atoms with E-state index in [2.05, 4.69) is 34.6 Å². The number of hydrogen-bond donors (Lipinski definition) is 0. The van der Waals surface area contributed by atoms with Crippen molar-refractivity contribution in [3.05, 3.63) is 0 Å². The Morgan fingerprint density at radius 3 is 2.40 bits per heavy atom. The monoisotopic (exact) mass is 212 g/mol. The average Bonchev–Trinajstić information content (AvgIpc) is 2.48. The van der Waals surface area contributed by atoms with Gasteiger partial charge in [-0.3, -0.25) is 4.79 Å². The van der Waals surface area contributed by atoms with Gasteiger partial charge in [0.2, 0.25) is 0 Å². The SMILES string of the molecule is CCC(C)(C)C1(CC(C)C)CCOC1=O. The molecule has 2 heteroatoms. The third-order valence-corrected chi connectivity index (χ3v) is 4.09. The molecule has 0 bridgehead atoms. The second kappa shape index (κ2) is 4.15. The summed E-state index contributed by atoms with van der Waals surface area (Å²) in [7, 11) is 0. The molecule has 0 amide bonds. The Hall–Kier alpha value is -0.530. The van der Waals surface area contributed by atoms with Gasteiger partial charge in [0, 0.05) is 0 Å². The topological polar surface area (TPSA) is 26.3 Å². The van der Waals surface area contributed by atoms with Crippen LogP contribution in [0.15, 0.2) is 0 Å². The molecule has 1 aliphatic rings. The molecule has 0 aromatic rings. The fraction of sp³-hybridized carbons (Fsp3) is 0.923. The van der Waals surface area contributed by atoms with Crippen molar-refractivity contribution in [3.8, 4) is 0 Å². The molecule has 0 aromatic carbocycles. The van der Waals surface area contributed by atoms with E-state index in [9.17, 15) is 4.79 Å². The highest BCUT2D eigenvalue weighted by Gasteiger charge is 2.54. The molecule has 1 aliphatic heterocycles. The molecule has 1 atom stereocenters. The van der Waals surface area contributed by atoms with Gasteiger partial charge in [0.15, 0.2) is 0 Å². The highest BCUT2D eigenvalue weighted by atomic mass is 16.5. The summed E-state index contributed by atoms with van der Waals surface area (Å²) in [6.07, 6.45) is 2.87. The largest absolute Gasteiger partial charge is 0.465 e. The summed E-state index contributed by atoms with van der Waals surface area (Å²) < 4.78 is 5.22. The minimum atomic E-state index is -0.240. The Morgan fingerprint density at radius 2 is 2.07 bits per heavy atom. The zero-order valence-electron chi connectivity index (χ0n) is 10.7. The summed E-state index contributed by atoms with van der Waals surface area (Å²) in [5, 5.41) is 0. The smallest absolute Gasteiger partial charge is 0.312 e. The van der Waals surface area contributed by atoms with Gasteiger partial charge < -0.3 is 4.74 Å².